The van der Waals surface area contributed by atoms with E-state index in [4.69, 9.17) is 10.2 Å². The van der Waals surface area contributed by atoms with Crippen molar-refractivity contribution >= 4 is 17.5 Å². The molecule has 0 aromatic heterocycles. The van der Waals surface area contributed by atoms with E-state index in [1.54, 1.807) is 0 Å². The molecule has 0 atom stereocenters. The van der Waals surface area contributed by atoms with Crippen LogP contribution in [0.1, 0.15) is 84.0 Å². The first-order valence-electron chi connectivity index (χ1n) is 10.8. The number of rotatable bonds is 19. The predicted molar refractivity (Wildman–Crippen MR) is 111 cm³/mol. The van der Waals surface area contributed by atoms with Gasteiger partial charge in [-0.25, -0.2) is 0 Å². The first-order chi connectivity index (χ1) is 13.5. The monoisotopic (exact) mass is 397 g/mol. The minimum absolute atomic E-state index is 0.000680. The number of amides is 1. The standard InChI is InChI=1S/C22H39NO5/c1-2-3-4-8-11-20(26)14-15-21(27)12-9-6-5-7-10-13-22(28)23(16-18-24)17-19-25/h14-15,24-25H,2-13,16-19H2,1H3. The number of carbonyl (C=O) groups excluding carboxylic acids is 3. The summed E-state index contributed by atoms with van der Waals surface area (Å²) >= 11 is 0. The van der Waals surface area contributed by atoms with Gasteiger partial charge in [-0.15, -0.1) is 0 Å². The molecule has 0 spiro atoms. The average Bonchev–Trinajstić information content (AvgIpc) is 2.68. The van der Waals surface area contributed by atoms with E-state index < -0.39 is 0 Å². The Balaban J connectivity index is 3.71. The summed E-state index contributed by atoms with van der Waals surface area (Å²) in [6.07, 6.45) is 12.9. The second-order valence-corrected chi connectivity index (χ2v) is 7.17. The Morgan fingerprint density at radius 1 is 0.679 bits per heavy atom. The first kappa shape index (κ1) is 26.5. The number of ketones is 2. The Labute approximate surface area is 170 Å². The zero-order valence-electron chi connectivity index (χ0n) is 17.5. The maximum Gasteiger partial charge on any atom is 0.222 e. The maximum absolute atomic E-state index is 12.0. The smallest absolute Gasteiger partial charge is 0.222 e. The van der Waals surface area contributed by atoms with Crippen LogP contribution in [0.25, 0.3) is 0 Å². The fraction of sp³-hybridized carbons (Fsp3) is 0.773. The number of nitrogens with zero attached hydrogens (tertiary/aromatic N) is 1. The third kappa shape index (κ3) is 15.5. The molecule has 0 aromatic carbocycles. The van der Waals surface area contributed by atoms with Gasteiger partial charge >= 0.3 is 0 Å². The summed E-state index contributed by atoms with van der Waals surface area (Å²) < 4.78 is 0. The van der Waals surface area contributed by atoms with Crippen molar-refractivity contribution in [1.29, 1.82) is 0 Å². The summed E-state index contributed by atoms with van der Waals surface area (Å²) in [5, 5.41) is 17.9. The van der Waals surface area contributed by atoms with Gasteiger partial charge in [-0.3, -0.25) is 14.4 Å². The summed E-state index contributed by atoms with van der Waals surface area (Å²) in [7, 11) is 0. The maximum atomic E-state index is 12.0. The lowest BCUT2D eigenvalue weighted by atomic mass is 10.1. The van der Waals surface area contributed by atoms with Gasteiger partial charge in [0.15, 0.2) is 11.6 Å². The lowest BCUT2D eigenvalue weighted by Gasteiger charge is -2.20. The molecule has 0 saturated heterocycles. The number of aliphatic hydroxyl groups is 2. The number of carbonyl (C=O) groups is 3. The Kier molecular flexibility index (Phi) is 17.8. The van der Waals surface area contributed by atoms with Crippen LogP contribution in [0.15, 0.2) is 12.2 Å². The molecule has 0 aromatic rings. The molecule has 6 nitrogen and oxygen atoms in total. The van der Waals surface area contributed by atoms with E-state index in [0.717, 1.165) is 57.8 Å². The highest BCUT2D eigenvalue weighted by atomic mass is 16.3. The minimum Gasteiger partial charge on any atom is -0.395 e. The van der Waals surface area contributed by atoms with Crippen molar-refractivity contribution in [1.82, 2.24) is 4.90 Å². The number of aliphatic hydroxyl groups excluding tert-OH is 2. The molecule has 0 rings (SSSR count). The van der Waals surface area contributed by atoms with Crippen LogP contribution in [0.4, 0.5) is 0 Å². The molecular formula is C22H39NO5. The molecule has 0 fully saturated rings. The van der Waals surface area contributed by atoms with Crippen molar-refractivity contribution in [2.24, 2.45) is 0 Å². The minimum atomic E-state index is -0.0985. The van der Waals surface area contributed by atoms with Crippen LogP contribution in [-0.2, 0) is 14.4 Å². The van der Waals surface area contributed by atoms with E-state index in [9.17, 15) is 14.4 Å². The van der Waals surface area contributed by atoms with Gasteiger partial charge in [0.25, 0.3) is 0 Å². The summed E-state index contributed by atoms with van der Waals surface area (Å²) in [4.78, 5) is 36.8. The molecule has 0 radical (unpaired) electrons. The Hall–Kier alpha value is -1.53. The van der Waals surface area contributed by atoms with Crippen molar-refractivity contribution in [3.05, 3.63) is 12.2 Å². The van der Waals surface area contributed by atoms with E-state index in [2.05, 4.69) is 6.92 Å². The zero-order chi connectivity index (χ0) is 21.0. The second kappa shape index (κ2) is 18.8. The van der Waals surface area contributed by atoms with Gasteiger partial charge in [0, 0.05) is 32.4 Å². The highest BCUT2D eigenvalue weighted by Gasteiger charge is 2.11. The molecule has 0 aliphatic rings. The summed E-state index contributed by atoms with van der Waals surface area (Å²) in [6.45, 7) is 2.45. The van der Waals surface area contributed by atoms with Gasteiger partial charge in [-0.05, 0) is 31.4 Å². The van der Waals surface area contributed by atoms with Crippen LogP contribution in [0.5, 0.6) is 0 Å². The van der Waals surface area contributed by atoms with E-state index in [0.29, 0.717) is 19.3 Å². The quantitative estimate of drug-likeness (QED) is 0.258. The molecule has 0 heterocycles. The zero-order valence-corrected chi connectivity index (χ0v) is 17.5. The third-order valence-electron chi connectivity index (χ3n) is 4.64. The number of allylic oxidation sites excluding steroid dienone is 2. The van der Waals surface area contributed by atoms with E-state index in [1.807, 2.05) is 0 Å². The lowest BCUT2D eigenvalue weighted by molar-refractivity contribution is -0.132. The molecular weight excluding hydrogens is 358 g/mol. The van der Waals surface area contributed by atoms with Crippen LogP contribution in [0.3, 0.4) is 0 Å². The van der Waals surface area contributed by atoms with E-state index in [-0.39, 0.29) is 43.8 Å². The molecule has 28 heavy (non-hydrogen) atoms. The fourth-order valence-electron chi connectivity index (χ4n) is 2.95. The topological polar surface area (TPSA) is 94.9 Å². The molecule has 162 valence electrons. The van der Waals surface area contributed by atoms with Crippen LogP contribution >= 0.6 is 0 Å². The molecule has 2 N–H and O–H groups in total. The van der Waals surface area contributed by atoms with Crippen molar-refractivity contribution in [2.45, 2.75) is 84.0 Å². The van der Waals surface area contributed by atoms with Crippen molar-refractivity contribution in [3.8, 4) is 0 Å². The Morgan fingerprint density at radius 3 is 1.57 bits per heavy atom. The third-order valence-corrected chi connectivity index (χ3v) is 4.64. The van der Waals surface area contributed by atoms with Crippen molar-refractivity contribution in [3.63, 3.8) is 0 Å². The van der Waals surface area contributed by atoms with Gasteiger partial charge in [0.2, 0.25) is 5.91 Å². The molecule has 0 unspecified atom stereocenters. The van der Waals surface area contributed by atoms with Gasteiger partial charge in [0.05, 0.1) is 13.2 Å². The predicted octanol–water partition coefficient (Wildman–Crippen LogP) is 3.20. The number of unbranched alkanes of at least 4 members (excludes halogenated alkanes) is 7. The van der Waals surface area contributed by atoms with Crippen LogP contribution < -0.4 is 0 Å². The number of hydrogen-bond donors (Lipinski definition) is 2. The number of hydrogen-bond acceptors (Lipinski definition) is 5. The van der Waals surface area contributed by atoms with Crippen LogP contribution in [0.2, 0.25) is 0 Å². The Morgan fingerprint density at radius 2 is 1.11 bits per heavy atom. The molecule has 0 aliphatic carbocycles. The second-order valence-electron chi connectivity index (χ2n) is 7.17. The summed E-state index contributed by atoms with van der Waals surface area (Å²) in [6, 6.07) is 0. The molecule has 6 heteroatoms. The van der Waals surface area contributed by atoms with Gasteiger partial charge in [-0.1, -0.05) is 45.4 Å². The molecule has 0 bridgehead atoms. The average molecular weight is 398 g/mol. The molecule has 1 amide bonds. The van der Waals surface area contributed by atoms with Gasteiger partial charge in [-0.2, -0.15) is 0 Å². The summed E-state index contributed by atoms with van der Waals surface area (Å²) in [5.74, 6) is -0.00549. The summed E-state index contributed by atoms with van der Waals surface area (Å²) in [5.41, 5.74) is 0. The normalized spacial score (nSPS) is 11.1. The highest BCUT2D eigenvalue weighted by molar-refractivity contribution is 5.98. The van der Waals surface area contributed by atoms with Crippen molar-refractivity contribution in [2.75, 3.05) is 26.3 Å². The fourth-order valence-corrected chi connectivity index (χ4v) is 2.95. The molecule has 0 saturated carbocycles. The van der Waals surface area contributed by atoms with Crippen LogP contribution in [0, 0.1) is 0 Å². The van der Waals surface area contributed by atoms with E-state index in [1.165, 1.54) is 17.1 Å². The van der Waals surface area contributed by atoms with Crippen LogP contribution in [-0.4, -0.2) is 58.9 Å². The SMILES string of the molecule is CCCCCCC(=O)C=CC(=O)CCCCCCCC(=O)N(CCO)CCO. The lowest BCUT2D eigenvalue weighted by Crippen LogP contribution is -2.35. The van der Waals surface area contributed by atoms with Crippen molar-refractivity contribution < 1.29 is 24.6 Å². The Bertz CT molecular complexity index is 456. The largest absolute Gasteiger partial charge is 0.395 e. The van der Waals surface area contributed by atoms with E-state index >= 15 is 0 Å². The van der Waals surface area contributed by atoms with Gasteiger partial charge < -0.3 is 15.1 Å². The first-order valence-corrected chi connectivity index (χ1v) is 10.8. The highest BCUT2D eigenvalue weighted by Crippen LogP contribution is 2.09. The van der Waals surface area contributed by atoms with Gasteiger partial charge in [0.1, 0.15) is 0 Å². The molecule has 0 aliphatic heterocycles.